The summed E-state index contributed by atoms with van der Waals surface area (Å²) in [6, 6.07) is 7.53. The molecule has 0 spiro atoms. The van der Waals surface area contributed by atoms with Gasteiger partial charge in [0.15, 0.2) is 5.82 Å². The lowest BCUT2D eigenvalue weighted by Crippen LogP contribution is -2.44. The van der Waals surface area contributed by atoms with E-state index >= 15 is 0 Å². The minimum Gasteiger partial charge on any atom is -0.339 e. The maximum atomic E-state index is 12.4. The van der Waals surface area contributed by atoms with E-state index in [2.05, 4.69) is 27.4 Å². The maximum absolute atomic E-state index is 12.4. The van der Waals surface area contributed by atoms with E-state index in [4.69, 9.17) is 16.1 Å². The van der Waals surface area contributed by atoms with Crippen LogP contribution in [0.2, 0.25) is 5.02 Å². The fraction of sp³-hybridized carbons (Fsp3) is 0.500. The van der Waals surface area contributed by atoms with Gasteiger partial charge in [0, 0.05) is 38.1 Å². The summed E-state index contributed by atoms with van der Waals surface area (Å²) in [5.41, 5.74) is 0.979. The van der Waals surface area contributed by atoms with Gasteiger partial charge in [-0.1, -0.05) is 28.9 Å². The summed E-state index contributed by atoms with van der Waals surface area (Å²) < 4.78 is 5.60. The minimum atomic E-state index is -0.172. The van der Waals surface area contributed by atoms with Crippen molar-refractivity contribution in [1.29, 1.82) is 0 Å². The predicted octanol–water partition coefficient (Wildman–Crippen LogP) is 2.41. The van der Waals surface area contributed by atoms with Crippen molar-refractivity contribution >= 4 is 29.9 Å². The van der Waals surface area contributed by atoms with Gasteiger partial charge in [-0.3, -0.25) is 9.69 Å². The molecule has 2 aliphatic heterocycles. The fourth-order valence-electron chi connectivity index (χ4n) is 3.87. The molecule has 27 heavy (non-hydrogen) atoms. The third-order valence-electron chi connectivity index (χ3n) is 5.36. The lowest BCUT2D eigenvalue weighted by molar-refractivity contribution is -0.127. The Morgan fingerprint density at radius 3 is 2.89 bits per heavy atom. The first-order valence-electron chi connectivity index (χ1n) is 8.80. The third kappa shape index (κ3) is 3.82. The number of hydrogen-bond donors (Lipinski definition) is 1. The first kappa shape index (κ1) is 20.1. The van der Waals surface area contributed by atoms with Crippen LogP contribution in [-0.2, 0) is 4.79 Å². The van der Waals surface area contributed by atoms with Gasteiger partial charge in [-0.2, -0.15) is 4.98 Å². The summed E-state index contributed by atoms with van der Waals surface area (Å²) in [6.07, 6.45) is 0.355. The second kappa shape index (κ2) is 8.14. The van der Waals surface area contributed by atoms with Crippen molar-refractivity contribution in [1.82, 2.24) is 25.3 Å². The van der Waals surface area contributed by atoms with Gasteiger partial charge >= 0.3 is 0 Å². The highest BCUT2D eigenvalue weighted by atomic mass is 35.5. The Morgan fingerprint density at radius 2 is 2.15 bits per heavy atom. The van der Waals surface area contributed by atoms with Crippen molar-refractivity contribution in [3.05, 3.63) is 46.6 Å². The number of carbonyl (C=O) groups is 1. The summed E-state index contributed by atoms with van der Waals surface area (Å²) in [6.45, 7) is 2.68. The molecule has 1 N–H and O–H groups in total. The van der Waals surface area contributed by atoms with Crippen LogP contribution in [0.25, 0.3) is 0 Å². The second-order valence-corrected chi connectivity index (χ2v) is 7.44. The highest BCUT2D eigenvalue weighted by Crippen LogP contribution is 2.43. The largest absolute Gasteiger partial charge is 0.339 e. The number of piperazine rings is 1. The van der Waals surface area contributed by atoms with Gasteiger partial charge in [-0.25, -0.2) is 0 Å². The zero-order valence-electron chi connectivity index (χ0n) is 15.3. The number of likely N-dealkylation sites (N-methyl/N-ethyl adjacent to an activating group) is 2. The van der Waals surface area contributed by atoms with E-state index < -0.39 is 0 Å². The van der Waals surface area contributed by atoms with E-state index in [0.29, 0.717) is 23.2 Å². The van der Waals surface area contributed by atoms with Gasteiger partial charge in [0.05, 0.1) is 18.0 Å². The molecule has 1 aromatic carbocycles. The topological polar surface area (TPSA) is 74.5 Å². The molecule has 3 unspecified atom stereocenters. The van der Waals surface area contributed by atoms with Crippen molar-refractivity contribution in [2.24, 2.45) is 0 Å². The lowest BCUT2D eigenvalue weighted by Gasteiger charge is -2.30. The summed E-state index contributed by atoms with van der Waals surface area (Å²) in [7, 11) is 3.87. The number of halogens is 2. The molecule has 0 bridgehead atoms. The molecule has 1 aromatic heterocycles. The molecule has 3 heterocycles. The Morgan fingerprint density at radius 1 is 1.33 bits per heavy atom. The summed E-state index contributed by atoms with van der Waals surface area (Å²) >= 11 is 6.16. The smallest absolute Gasteiger partial charge is 0.232 e. The van der Waals surface area contributed by atoms with E-state index in [1.807, 2.05) is 31.3 Å². The fourth-order valence-corrected chi connectivity index (χ4v) is 4.06. The van der Waals surface area contributed by atoms with E-state index in [1.165, 1.54) is 0 Å². The van der Waals surface area contributed by atoms with Gasteiger partial charge in [0.25, 0.3) is 0 Å². The van der Waals surface area contributed by atoms with Crippen LogP contribution in [0.15, 0.2) is 28.8 Å². The summed E-state index contributed by atoms with van der Waals surface area (Å²) in [5.74, 6) is 1.08. The maximum Gasteiger partial charge on any atom is 0.232 e. The molecule has 0 aliphatic carbocycles. The van der Waals surface area contributed by atoms with E-state index in [1.54, 1.807) is 4.90 Å². The Bertz CT molecular complexity index is 815. The molecule has 2 aliphatic rings. The molecular weight excluding hydrogens is 389 g/mol. The zero-order valence-corrected chi connectivity index (χ0v) is 16.8. The van der Waals surface area contributed by atoms with Gasteiger partial charge in [-0.15, -0.1) is 12.4 Å². The van der Waals surface area contributed by atoms with Gasteiger partial charge in [0.2, 0.25) is 11.8 Å². The highest BCUT2D eigenvalue weighted by molar-refractivity contribution is 6.30. The molecule has 2 aromatic rings. The summed E-state index contributed by atoms with van der Waals surface area (Å²) in [5, 5.41) is 8.21. The van der Waals surface area contributed by atoms with E-state index in [9.17, 15) is 4.79 Å². The Hall–Kier alpha value is -1.67. The van der Waals surface area contributed by atoms with E-state index in [-0.39, 0.29) is 36.3 Å². The molecule has 4 rings (SSSR count). The van der Waals surface area contributed by atoms with Gasteiger partial charge in [-0.05, 0) is 24.7 Å². The number of benzene rings is 1. The highest BCUT2D eigenvalue weighted by Gasteiger charge is 2.43. The first-order chi connectivity index (χ1) is 12.5. The molecule has 0 saturated carbocycles. The third-order valence-corrected chi connectivity index (χ3v) is 5.60. The number of nitrogens with one attached hydrogen (secondary N) is 1. The van der Waals surface area contributed by atoms with Gasteiger partial charge < -0.3 is 14.7 Å². The molecule has 2 fully saturated rings. The van der Waals surface area contributed by atoms with Gasteiger partial charge in [0.1, 0.15) is 0 Å². The van der Waals surface area contributed by atoms with Crippen molar-refractivity contribution in [3.63, 3.8) is 0 Å². The molecule has 2 saturated heterocycles. The predicted molar refractivity (Wildman–Crippen MR) is 104 cm³/mol. The van der Waals surface area contributed by atoms with Crippen molar-refractivity contribution < 1.29 is 9.32 Å². The molecule has 146 valence electrons. The lowest BCUT2D eigenvalue weighted by atomic mass is 9.93. The molecule has 1 amide bonds. The van der Waals surface area contributed by atoms with E-state index in [0.717, 1.165) is 25.2 Å². The van der Waals surface area contributed by atoms with Crippen LogP contribution in [0.4, 0.5) is 0 Å². The van der Waals surface area contributed by atoms with Crippen molar-refractivity contribution in [3.8, 4) is 0 Å². The SMILES string of the molecule is CN1CCNCC1c1noc(C2CC(=O)N(C)C2c2cccc(Cl)c2)n1.Cl. The number of aromatic nitrogens is 2. The number of hydrogen-bond acceptors (Lipinski definition) is 6. The van der Waals surface area contributed by atoms with Crippen LogP contribution < -0.4 is 5.32 Å². The van der Waals surface area contributed by atoms with Crippen molar-refractivity contribution in [2.45, 2.75) is 24.4 Å². The Kier molecular flexibility index (Phi) is 6.05. The summed E-state index contributed by atoms with van der Waals surface area (Å²) in [4.78, 5) is 21.0. The van der Waals surface area contributed by atoms with Crippen LogP contribution in [0.5, 0.6) is 0 Å². The number of rotatable bonds is 3. The molecule has 7 nitrogen and oxygen atoms in total. The number of nitrogens with zero attached hydrogens (tertiary/aromatic N) is 4. The molecule has 9 heteroatoms. The molecule has 3 atom stereocenters. The van der Waals surface area contributed by atoms with Crippen LogP contribution in [0.3, 0.4) is 0 Å². The molecule has 0 radical (unpaired) electrons. The van der Waals surface area contributed by atoms with Crippen molar-refractivity contribution in [2.75, 3.05) is 33.7 Å². The zero-order chi connectivity index (χ0) is 18.3. The average molecular weight is 412 g/mol. The van der Waals surface area contributed by atoms with Crippen LogP contribution in [0.1, 0.15) is 41.7 Å². The Labute approximate surface area is 169 Å². The van der Waals surface area contributed by atoms with Crippen LogP contribution in [0, 0.1) is 0 Å². The Balaban J connectivity index is 0.00000210. The number of likely N-dealkylation sites (tertiary alicyclic amines) is 1. The standard InChI is InChI=1S/C18H22ClN5O2.ClH/c1-23-7-6-20-10-14(23)17-21-18(26-22-17)13-9-15(25)24(2)16(13)11-4-3-5-12(19)8-11;/h3-5,8,13-14,16,20H,6-7,9-10H2,1-2H3;1H. The quantitative estimate of drug-likeness (QED) is 0.835. The first-order valence-corrected chi connectivity index (χ1v) is 9.18. The van der Waals surface area contributed by atoms with Crippen LogP contribution in [-0.4, -0.2) is 59.6 Å². The average Bonchev–Trinajstić information content (AvgIpc) is 3.21. The number of amides is 1. The normalized spacial score (nSPS) is 26.3. The molecular formula is C18H23Cl2N5O2. The number of carbonyl (C=O) groups excluding carboxylic acids is 1. The second-order valence-electron chi connectivity index (χ2n) is 7.01. The minimum absolute atomic E-state index is 0. The van der Waals surface area contributed by atoms with Crippen LogP contribution >= 0.6 is 24.0 Å². The monoisotopic (exact) mass is 411 g/mol.